The van der Waals surface area contributed by atoms with Crippen molar-refractivity contribution in [2.24, 2.45) is 11.8 Å². The third-order valence-electron chi connectivity index (χ3n) is 5.66. The maximum atomic E-state index is 13.0. The summed E-state index contributed by atoms with van der Waals surface area (Å²) in [5.41, 5.74) is 2.25. The number of aryl methyl sites for hydroxylation is 1. The summed E-state index contributed by atoms with van der Waals surface area (Å²) in [7, 11) is 1.64. The zero-order valence-corrected chi connectivity index (χ0v) is 16.1. The quantitative estimate of drug-likeness (QED) is 0.831. The van der Waals surface area contributed by atoms with Gasteiger partial charge in [-0.2, -0.15) is 5.10 Å². The molecule has 1 fully saturated rings. The molecular formula is C21H27N3O3. The van der Waals surface area contributed by atoms with Crippen molar-refractivity contribution in [1.29, 1.82) is 0 Å². The molecule has 3 heterocycles. The van der Waals surface area contributed by atoms with Gasteiger partial charge in [0.2, 0.25) is 5.91 Å². The second kappa shape index (κ2) is 7.62. The number of fused-ring (bicyclic) bond motifs is 1. The summed E-state index contributed by atoms with van der Waals surface area (Å²) in [6.07, 6.45) is 6.76. The predicted octanol–water partition coefficient (Wildman–Crippen LogP) is 2.69. The van der Waals surface area contributed by atoms with Gasteiger partial charge in [-0.15, -0.1) is 0 Å². The molecule has 0 radical (unpaired) electrons. The average molecular weight is 369 g/mol. The van der Waals surface area contributed by atoms with Gasteiger partial charge < -0.3 is 14.4 Å². The second-order valence-electron chi connectivity index (χ2n) is 7.67. The fourth-order valence-corrected chi connectivity index (χ4v) is 4.14. The number of hydrogen-bond acceptors (Lipinski definition) is 4. The largest absolute Gasteiger partial charge is 0.493 e. The predicted molar refractivity (Wildman–Crippen MR) is 102 cm³/mol. The lowest BCUT2D eigenvalue weighted by Crippen LogP contribution is -2.45. The smallest absolute Gasteiger partial charge is 0.229 e. The molecular weight excluding hydrogens is 342 g/mol. The Hall–Kier alpha value is -2.50. The lowest BCUT2D eigenvalue weighted by Gasteiger charge is -2.35. The molecule has 0 bridgehead atoms. The summed E-state index contributed by atoms with van der Waals surface area (Å²) in [6, 6.07) is 5.87. The van der Waals surface area contributed by atoms with E-state index in [-0.39, 0.29) is 11.8 Å². The van der Waals surface area contributed by atoms with Gasteiger partial charge in [0.15, 0.2) is 11.5 Å². The minimum absolute atomic E-state index is 0.102. The lowest BCUT2D eigenvalue weighted by molar-refractivity contribution is -0.138. The molecule has 144 valence electrons. The van der Waals surface area contributed by atoms with Crippen LogP contribution in [0.3, 0.4) is 0 Å². The molecule has 2 aliphatic heterocycles. The number of para-hydroxylation sites is 1. The van der Waals surface area contributed by atoms with Gasteiger partial charge in [0.1, 0.15) is 6.61 Å². The Morgan fingerprint density at radius 3 is 2.85 bits per heavy atom. The number of likely N-dealkylation sites (tertiary alicyclic amines) is 1. The van der Waals surface area contributed by atoms with Crippen molar-refractivity contribution in [3.8, 4) is 11.5 Å². The molecule has 0 spiro atoms. The summed E-state index contributed by atoms with van der Waals surface area (Å²) in [5, 5.41) is 4.38. The average Bonchev–Trinajstić information content (AvgIpc) is 3.11. The van der Waals surface area contributed by atoms with E-state index < -0.39 is 0 Å². The van der Waals surface area contributed by atoms with Gasteiger partial charge in [-0.05, 0) is 49.3 Å². The molecule has 2 aliphatic rings. The van der Waals surface area contributed by atoms with Gasteiger partial charge in [-0.25, -0.2) is 0 Å². The third-order valence-corrected chi connectivity index (χ3v) is 5.66. The summed E-state index contributed by atoms with van der Waals surface area (Å²) in [4.78, 5) is 15.0. The van der Waals surface area contributed by atoms with E-state index in [1.807, 2.05) is 34.0 Å². The Balaban J connectivity index is 1.33. The van der Waals surface area contributed by atoms with Crippen LogP contribution in [0.15, 0.2) is 30.6 Å². The highest BCUT2D eigenvalue weighted by molar-refractivity contribution is 5.80. The molecule has 1 saturated heterocycles. The van der Waals surface area contributed by atoms with Crippen LogP contribution in [0, 0.1) is 18.8 Å². The van der Waals surface area contributed by atoms with Crippen molar-refractivity contribution in [2.45, 2.75) is 32.7 Å². The number of ether oxygens (including phenoxy) is 2. The molecule has 1 unspecified atom stereocenters. The van der Waals surface area contributed by atoms with E-state index in [1.54, 1.807) is 7.11 Å². The first kappa shape index (κ1) is 17.9. The Kier molecular flexibility index (Phi) is 5.05. The summed E-state index contributed by atoms with van der Waals surface area (Å²) in [6.45, 7) is 5.08. The van der Waals surface area contributed by atoms with Crippen LogP contribution in [0.25, 0.3) is 0 Å². The third kappa shape index (κ3) is 3.80. The number of benzene rings is 1. The Morgan fingerprint density at radius 1 is 1.33 bits per heavy atom. The van der Waals surface area contributed by atoms with Crippen molar-refractivity contribution in [2.75, 3.05) is 26.8 Å². The van der Waals surface area contributed by atoms with Gasteiger partial charge in [0.25, 0.3) is 0 Å². The Bertz CT molecular complexity index is 809. The molecule has 1 aromatic heterocycles. The van der Waals surface area contributed by atoms with Gasteiger partial charge in [0, 0.05) is 25.8 Å². The molecule has 0 aliphatic carbocycles. The van der Waals surface area contributed by atoms with Crippen LogP contribution in [0.5, 0.6) is 11.5 Å². The zero-order valence-electron chi connectivity index (χ0n) is 16.1. The Labute approximate surface area is 160 Å². The van der Waals surface area contributed by atoms with Crippen molar-refractivity contribution in [3.05, 3.63) is 41.7 Å². The molecule has 6 nitrogen and oxygen atoms in total. The minimum atomic E-state index is -0.102. The normalized spacial score (nSPS) is 20.1. The molecule has 27 heavy (non-hydrogen) atoms. The van der Waals surface area contributed by atoms with Gasteiger partial charge >= 0.3 is 0 Å². The Morgan fingerprint density at radius 2 is 2.15 bits per heavy atom. The maximum Gasteiger partial charge on any atom is 0.229 e. The van der Waals surface area contributed by atoms with Crippen LogP contribution in [-0.4, -0.2) is 47.4 Å². The number of methoxy groups -OCH3 is 1. The summed E-state index contributed by atoms with van der Waals surface area (Å²) < 4.78 is 13.3. The van der Waals surface area contributed by atoms with E-state index in [2.05, 4.69) is 18.2 Å². The second-order valence-corrected chi connectivity index (χ2v) is 7.67. The van der Waals surface area contributed by atoms with E-state index in [4.69, 9.17) is 9.47 Å². The molecule has 4 rings (SSSR count). The highest BCUT2D eigenvalue weighted by Gasteiger charge is 2.32. The first-order valence-electron chi connectivity index (χ1n) is 9.70. The van der Waals surface area contributed by atoms with Crippen LogP contribution in [0.4, 0.5) is 0 Å². The molecule has 6 heteroatoms. The summed E-state index contributed by atoms with van der Waals surface area (Å²) >= 11 is 0. The molecule has 0 saturated carbocycles. The first-order valence-corrected chi connectivity index (χ1v) is 9.70. The van der Waals surface area contributed by atoms with Crippen molar-refractivity contribution >= 4 is 5.91 Å². The van der Waals surface area contributed by atoms with E-state index in [9.17, 15) is 4.79 Å². The van der Waals surface area contributed by atoms with E-state index >= 15 is 0 Å². The molecule has 2 aromatic rings. The van der Waals surface area contributed by atoms with Crippen molar-refractivity contribution in [3.63, 3.8) is 0 Å². The maximum absolute atomic E-state index is 13.0. The number of aromatic nitrogens is 2. The number of amides is 1. The summed E-state index contributed by atoms with van der Waals surface area (Å²) in [5.74, 6) is 2.23. The number of carbonyl (C=O) groups is 1. The fraction of sp³-hybridized carbons (Fsp3) is 0.524. The highest BCUT2D eigenvalue weighted by atomic mass is 16.5. The van der Waals surface area contributed by atoms with Crippen LogP contribution >= 0.6 is 0 Å². The van der Waals surface area contributed by atoms with Gasteiger partial charge in [-0.1, -0.05) is 12.1 Å². The first-order chi connectivity index (χ1) is 13.1. The number of nitrogens with zero attached hydrogens (tertiary/aromatic N) is 3. The monoisotopic (exact) mass is 369 g/mol. The van der Waals surface area contributed by atoms with Gasteiger partial charge in [0.05, 0.1) is 19.2 Å². The standard InChI is InChI=1S/C21H27N3O3/c1-15-11-22-24(12-15)13-16-6-8-23(9-7-16)21(25)18-10-17-4-3-5-19(26-2)20(17)27-14-18/h3-5,11-12,16,18H,6-10,13-14H2,1-2H3. The van der Waals surface area contributed by atoms with Crippen molar-refractivity contribution < 1.29 is 14.3 Å². The lowest BCUT2D eigenvalue weighted by atomic mass is 9.92. The van der Waals surface area contributed by atoms with E-state index in [0.717, 1.165) is 56.0 Å². The molecule has 1 aromatic carbocycles. The van der Waals surface area contributed by atoms with Crippen LogP contribution < -0.4 is 9.47 Å². The van der Waals surface area contributed by atoms with Crippen molar-refractivity contribution in [1.82, 2.24) is 14.7 Å². The fourth-order valence-electron chi connectivity index (χ4n) is 4.14. The van der Waals surface area contributed by atoms with Crippen LogP contribution in [0.1, 0.15) is 24.0 Å². The van der Waals surface area contributed by atoms with E-state index in [0.29, 0.717) is 12.5 Å². The molecule has 0 N–H and O–H groups in total. The topological polar surface area (TPSA) is 56.6 Å². The zero-order chi connectivity index (χ0) is 18.8. The molecule has 1 atom stereocenters. The molecule has 1 amide bonds. The highest BCUT2D eigenvalue weighted by Crippen LogP contribution is 2.36. The SMILES string of the molecule is COc1cccc2c1OCC(C(=O)N1CCC(Cn3cc(C)cn3)CC1)C2. The van der Waals surface area contributed by atoms with Crippen LogP contribution in [-0.2, 0) is 17.8 Å². The number of rotatable bonds is 4. The number of hydrogen-bond donors (Lipinski definition) is 0. The number of piperidine rings is 1. The number of carbonyl (C=O) groups excluding carboxylic acids is 1. The van der Waals surface area contributed by atoms with Crippen LogP contribution in [0.2, 0.25) is 0 Å². The van der Waals surface area contributed by atoms with Gasteiger partial charge in [-0.3, -0.25) is 9.48 Å². The minimum Gasteiger partial charge on any atom is -0.493 e. The van der Waals surface area contributed by atoms with E-state index in [1.165, 1.54) is 5.56 Å².